The SMILES string of the molecule is CC(C)(C)OC(=O)N1[C@@H]2CC[C@@]1(F)CN(C(c1ccccc1)(c1ccccc1)c1ccccc1)C2. The Bertz CT molecular complexity index is 1070. The van der Waals surface area contributed by atoms with Crippen LogP contribution in [-0.2, 0) is 10.3 Å². The number of amides is 1. The zero-order valence-electron chi connectivity index (χ0n) is 20.7. The number of hydrogen-bond acceptors (Lipinski definition) is 3. The Balaban J connectivity index is 1.65. The van der Waals surface area contributed by atoms with Crippen LogP contribution in [0.2, 0.25) is 0 Å². The van der Waals surface area contributed by atoms with Crippen LogP contribution in [0.5, 0.6) is 0 Å². The van der Waals surface area contributed by atoms with Gasteiger partial charge in [0.2, 0.25) is 5.79 Å². The summed E-state index contributed by atoms with van der Waals surface area (Å²) >= 11 is 0. The number of nitrogens with zero attached hydrogens (tertiary/aromatic N) is 2. The number of ether oxygens (including phenoxy) is 1. The molecule has 182 valence electrons. The molecule has 0 saturated carbocycles. The monoisotopic (exact) mass is 472 g/mol. The van der Waals surface area contributed by atoms with Crippen LogP contribution in [0, 0.1) is 0 Å². The Labute approximate surface area is 207 Å². The van der Waals surface area contributed by atoms with Crippen molar-refractivity contribution >= 4 is 6.09 Å². The van der Waals surface area contributed by atoms with E-state index in [1.54, 1.807) is 0 Å². The van der Waals surface area contributed by atoms with E-state index in [2.05, 4.69) is 41.3 Å². The molecular formula is C30H33FN2O2. The summed E-state index contributed by atoms with van der Waals surface area (Å²) in [6.07, 6.45) is 0.356. The summed E-state index contributed by atoms with van der Waals surface area (Å²) in [5.41, 5.74) is 1.85. The Morgan fingerprint density at radius 2 is 1.31 bits per heavy atom. The van der Waals surface area contributed by atoms with Crippen LogP contribution in [0.15, 0.2) is 91.0 Å². The second-order valence-electron chi connectivity index (χ2n) is 10.6. The van der Waals surface area contributed by atoms with E-state index < -0.39 is 23.0 Å². The molecule has 0 radical (unpaired) electrons. The minimum Gasteiger partial charge on any atom is -0.444 e. The van der Waals surface area contributed by atoms with E-state index in [0.717, 1.165) is 16.7 Å². The zero-order valence-corrected chi connectivity index (χ0v) is 20.7. The second kappa shape index (κ2) is 8.80. The highest BCUT2D eigenvalue weighted by atomic mass is 19.1. The van der Waals surface area contributed by atoms with Gasteiger partial charge in [-0.1, -0.05) is 91.0 Å². The third kappa shape index (κ3) is 4.12. The summed E-state index contributed by atoms with van der Waals surface area (Å²) in [6.45, 7) is 6.10. The van der Waals surface area contributed by atoms with Crippen molar-refractivity contribution in [1.29, 1.82) is 0 Å². The van der Waals surface area contributed by atoms with E-state index in [1.807, 2.05) is 75.4 Å². The summed E-state index contributed by atoms with van der Waals surface area (Å²) in [5.74, 6) is -1.80. The van der Waals surface area contributed by atoms with E-state index in [0.29, 0.717) is 19.4 Å². The average Bonchev–Trinajstić information content (AvgIpc) is 3.06. The number of benzene rings is 3. The van der Waals surface area contributed by atoms with Gasteiger partial charge in [-0.05, 0) is 43.9 Å². The number of hydrogen-bond donors (Lipinski definition) is 0. The molecule has 0 aliphatic carbocycles. The van der Waals surface area contributed by atoms with Crippen LogP contribution in [0.4, 0.5) is 9.18 Å². The minimum atomic E-state index is -1.80. The van der Waals surface area contributed by atoms with Gasteiger partial charge in [0.15, 0.2) is 0 Å². The van der Waals surface area contributed by atoms with Crippen molar-refractivity contribution in [2.45, 2.75) is 56.6 Å². The van der Waals surface area contributed by atoms with Crippen molar-refractivity contribution < 1.29 is 13.9 Å². The van der Waals surface area contributed by atoms with Crippen molar-refractivity contribution in [3.8, 4) is 0 Å². The Morgan fingerprint density at radius 3 is 1.71 bits per heavy atom. The molecular weight excluding hydrogens is 439 g/mol. The van der Waals surface area contributed by atoms with Gasteiger partial charge in [-0.3, -0.25) is 9.80 Å². The molecule has 2 fully saturated rings. The van der Waals surface area contributed by atoms with Gasteiger partial charge in [-0.25, -0.2) is 9.18 Å². The van der Waals surface area contributed by atoms with Gasteiger partial charge in [0.05, 0.1) is 18.1 Å². The smallest absolute Gasteiger partial charge is 0.413 e. The summed E-state index contributed by atoms with van der Waals surface area (Å²) < 4.78 is 22.4. The molecule has 0 unspecified atom stereocenters. The highest BCUT2D eigenvalue weighted by Crippen LogP contribution is 2.49. The van der Waals surface area contributed by atoms with Gasteiger partial charge in [-0.2, -0.15) is 0 Å². The molecule has 0 aromatic heterocycles. The van der Waals surface area contributed by atoms with Crippen molar-refractivity contribution in [3.63, 3.8) is 0 Å². The van der Waals surface area contributed by atoms with Gasteiger partial charge in [0.25, 0.3) is 0 Å². The molecule has 35 heavy (non-hydrogen) atoms. The van der Waals surface area contributed by atoms with Crippen molar-refractivity contribution in [2.75, 3.05) is 13.1 Å². The molecule has 2 aliphatic rings. The maximum Gasteiger partial charge on any atom is 0.413 e. The van der Waals surface area contributed by atoms with Gasteiger partial charge < -0.3 is 4.74 Å². The van der Waals surface area contributed by atoms with Gasteiger partial charge in [0.1, 0.15) is 5.60 Å². The molecule has 2 aliphatic heterocycles. The highest BCUT2D eigenvalue weighted by Gasteiger charge is 2.59. The first-order valence-electron chi connectivity index (χ1n) is 12.4. The molecule has 5 rings (SSSR count). The third-order valence-electron chi connectivity index (χ3n) is 7.16. The third-order valence-corrected chi connectivity index (χ3v) is 7.16. The van der Waals surface area contributed by atoms with Crippen molar-refractivity contribution in [1.82, 2.24) is 9.80 Å². The lowest BCUT2D eigenvalue weighted by molar-refractivity contribution is -0.101. The molecule has 2 bridgehead atoms. The topological polar surface area (TPSA) is 32.8 Å². The first kappa shape index (κ1) is 23.6. The standard InChI is InChI=1S/C30H33FN2O2/c1-28(2,3)35-27(34)33-26-19-20-29(33,31)22-32(21-26)30(23-13-7-4-8-14-23,24-15-9-5-10-16-24)25-17-11-6-12-18-25/h4-18,26H,19-22H2,1-3H3/t26-,29+/m1/s1. The summed E-state index contributed by atoms with van der Waals surface area (Å²) in [5, 5.41) is 0. The van der Waals surface area contributed by atoms with E-state index in [-0.39, 0.29) is 12.6 Å². The number of rotatable bonds is 4. The maximum absolute atomic E-state index is 16.7. The van der Waals surface area contributed by atoms with Gasteiger partial charge in [0, 0.05) is 13.0 Å². The van der Waals surface area contributed by atoms with Crippen molar-refractivity contribution in [3.05, 3.63) is 108 Å². The number of carbonyl (C=O) groups is 1. The molecule has 1 amide bonds. The number of halogens is 1. The number of alkyl halides is 1. The molecule has 2 atom stereocenters. The van der Waals surface area contributed by atoms with Gasteiger partial charge >= 0.3 is 6.09 Å². The van der Waals surface area contributed by atoms with Crippen molar-refractivity contribution in [2.24, 2.45) is 0 Å². The summed E-state index contributed by atoms with van der Waals surface area (Å²) in [4.78, 5) is 16.7. The summed E-state index contributed by atoms with van der Waals surface area (Å²) in [6, 6.07) is 30.7. The average molecular weight is 473 g/mol. The van der Waals surface area contributed by atoms with Gasteiger partial charge in [-0.15, -0.1) is 0 Å². The number of carbonyl (C=O) groups excluding carboxylic acids is 1. The van der Waals surface area contributed by atoms with Crippen LogP contribution in [-0.4, -0.2) is 46.4 Å². The molecule has 3 aromatic rings. The maximum atomic E-state index is 16.7. The largest absolute Gasteiger partial charge is 0.444 e. The molecule has 0 N–H and O–H groups in total. The quantitative estimate of drug-likeness (QED) is 0.327. The van der Waals surface area contributed by atoms with Crippen LogP contribution in [0.25, 0.3) is 0 Å². The lowest BCUT2D eigenvalue weighted by atomic mass is 9.75. The lowest BCUT2D eigenvalue weighted by Gasteiger charge is -2.53. The Hall–Kier alpha value is -3.18. The molecule has 2 heterocycles. The van der Waals surface area contributed by atoms with E-state index in [9.17, 15) is 4.79 Å². The molecule has 2 saturated heterocycles. The fourth-order valence-corrected chi connectivity index (χ4v) is 5.87. The highest BCUT2D eigenvalue weighted by molar-refractivity contribution is 5.70. The molecule has 3 aromatic carbocycles. The van der Waals surface area contributed by atoms with Crippen LogP contribution in [0.1, 0.15) is 50.3 Å². The molecule has 5 heteroatoms. The number of likely N-dealkylation sites (tertiary alicyclic amines) is 1. The van der Waals surface area contributed by atoms with Crippen LogP contribution < -0.4 is 0 Å². The van der Waals surface area contributed by atoms with E-state index >= 15 is 4.39 Å². The minimum absolute atomic E-state index is 0.0986. The second-order valence-corrected chi connectivity index (χ2v) is 10.6. The predicted octanol–water partition coefficient (Wildman–Crippen LogP) is 6.36. The number of fused-ring (bicyclic) bond motifs is 2. The first-order chi connectivity index (χ1) is 16.7. The normalized spacial score (nSPS) is 22.7. The Kier molecular flexibility index (Phi) is 5.92. The van der Waals surface area contributed by atoms with E-state index in [1.165, 1.54) is 4.90 Å². The first-order valence-corrected chi connectivity index (χ1v) is 12.4. The predicted molar refractivity (Wildman–Crippen MR) is 136 cm³/mol. The number of piperazine rings is 1. The Morgan fingerprint density at radius 1 is 0.857 bits per heavy atom. The summed E-state index contributed by atoms with van der Waals surface area (Å²) in [7, 11) is 0. The van der Waals surface area contributed by atoms with Crippen LogP contribution >= 0.6 is 0 Å². The van der Waals surface area contributed by atoms with Crippen LogP contribution in [0.3, 0.4) is 0 Å². The fourth-order valence-electron chi connectivity index (χ4n) is 5.87. The van der Waals surface area contributed by atoms with E-state index in [4.69, 9.17) is 4.74 Å². The molecule has 4 nitrogen and oxygen atoms in total. The zero-order chi connectivity index (χ0) is 24.7. The fraction of sp³-hybridized carbons (Fsp3) is 0.367. The lowest BCUT2D eigenvalue weighted by Crippen LogP contribution is -2.66. The molecule has 0 spiro atoms.